The highest BCUT2D eigenvalue weighted by molar-refractivity contribution is 5.96. The predicted molar refractivity (Wildman–Crippen MR) is 38.4 cm³/mol. The van der Waals surface area contributed by atoms with Crippen LogP contribution in [0.3, 0.4) is 0 Å². The number of nitrogens with one attached hydrogen (secondary N) is 1. The van der Waals surface area contributed by atoms with Crippen LogP contribution in [-0.2, 0) is 9.59 Å². The second-order valence-electron chi connectivity index (χ2n) is 1.79. The molecule has 0 aromatic heterocycles. The van der Waals surface area contributed by atoms with Gasteiger partial charge in [0, 0.05) is 19.2 Å². The van der Waals surface area contributed by atoms with Crippen molar-refractivity contribution in [1.82, 2.24) is 10.4 Å². The highest BCUT2D eigenvalue weighted by Gasteiger charge is 1.98. The summed E-state index contributed by atoms with van der Waals surface area (Å²) >= 11 is 0. The molecule has 0 rings (SSSR count). The Morgan fingerprint density at radius 3 is 2.36 bits per heavy atom. The number of hydrazine groups is 2. The Morgan fingerprint density at radius 2 is 2.00 bits per heavy atom. The van der Waals surface area contributed by atoms with Gasteiger partial charge in [0.05, 0.1) is 0 Å². The molecule has 5 N–H and O–H groups in total. The van der Waals surface area contributed by atoms with Crippen LogP contribution in [0.4, 0.5) is 0 Å². The number of nitrogens with two attached hydrogens (primary N) is 2. The molecule has 0 saturated heterocycles. The monoisotopic (exact) mass is 158 g/mol. The highest BCUT2D eigenvalue weighted by atomic mass is 16.2. The van der Waals surface area contributed by atoms with Crippen molar-refractivity contribution in [2.75, 3.05) is 7.05 Å². The molecule has 0 saturated carbocycles. The van der Waals surface area contributed by atoms with Crippen LogP contribution in [0.15, 0.2) is 12.2 Å². The lowest BCUT2D eigenvalue weighted by atomic mass is 10.4. The third-order valence-electron chi connectivity index (χ3n) is 0.867. The number of carbonyl (C=O) groups excluding carboxylic acids is 2. The molecular formula is C5H10N4O2. The molecule has 0 radical (unpaired) electrons. The fourth-order valence-electron chi connectivity index (χ4n) is 0.313. The molecule has 6 heteroatoms. The maximum Gasteiger partial charge on any atom is 0.260 e. The van der Waals surface area contributed by atoms with Crippen molar-refractivity contribution in [2.45, 2.75) is 0 Å². The maximum absolute atomic E-state index is 10.7. The number of rotatable bonds is 2. The van der Waals surface area contributed by atoms with Crippen molar-refractivity contribution < 1.29 is 9.59 Å². The normalized spacial score (nSPS) is 9.73. The Balaban J connectivity index is 3.93. The minimum atomic E-state index is -0.555. The largest absolute Gasteiger partial charge is 0.291 e. The lowest BCUT2D eigenvalue weighted by molar-refractivity contribution is -0.125. The van der Waals surface area contributed by atoms with Crippen LogP contribution in [-0.4, -0.2) is 23.9 Å². The fourth-order valence-corrected chi connectivity index (χ4v) is 0.313. The van der Waals surface area contributed by atoms with Crippen molar-refractivity contribution in [3.63, 3.8) is 0 Å². The van der Waals surface area contributed by atoms with Gasteiger partial charge in [0.2, 0.25) is 0 Å². The van der Waals surface area contributed by atoms with E-state index in [9.17, 15) is 9.59 Å². The molecule has 11 heavy (non-hydrogen) atoms. The van der Waals surface area contributed by atoms with Gasteiger partial charge >= 0.3 is 0 Å². The standard InChI is InChI=1S/C5H10N4O2/c1-9(7)5(11)3-2-4(10)8-6/h2-3H,6-7H2,1H3,(H,8,10)/b3-2-. The Morgan fingerprint density at radius 1 is 1.45 bits per heavy atom. The second kappa shape index (κ2) is 4.42. The van der Waals surface area contributed by atoms with E-state index < -0.39 is 11.8 Å². The number of hydrogen-bond acceptors (Lipinski definition) is 4. The van der Waals surface area contributed by atoms with Gasteiger partial charge in [-0.2, -0.15) is 0 Å². The summed E-state index contributed by atoms with van der Waals surface area (Å²) < 4.78 is 0. The molecule has 0 atom stereocenters. The summed E-state index contributed by atoms with van der Waals surface area (Å²) in [5, 5.41) is 0.848. The number of likely N-dealkylation sites (N-methyl/N-ethyl adjacent to an activating group) is 1. The molecule has 0 fully saturated rings. The molecule has 0 unspecified atom stereocenters. The molecular weight excluding hydrogens is 148 g/mol. The lowest BCUT2D eigenvalue weighted by Gasteiger charge is -2.04. The van der Waals surface area contributed by atoms with Crippen LogP contribution in [0.1, 0.15) is 0 Å². The average molecular weight is 158 g/mol. The van der Waals surface area contributed by atoms with Crippen LogP contribution < -0.4 is 17.1 Å². The molecule has 0 aliphatic rings. The summed E-state index contributed by atoms with van der Waals surface area (Å²) in [6, 6.07) is 0. The van der Waals surface area contributed by atoms with Gasteiger partial charge in [-0.15, -0.1) is 0 Å². The van der Waals surface area contributed by atoms with E-state index in [1.165, 1.54) is 7.05 Å². The molecule has 0 aliphatic heterocycles. The third kappa shape index (κ3) is 4.06. The van der Waals surface area contributed by atoms with E-state index in [1.807, 2.05) is 5.43 Å². The van der Waals surface area contributed by atoms with E-state index in [0.717, 1.165) is 17.2 Å². The number of carbonyl (C=O) groups is 2. The van der Waals surface area contributed by atoms with Crippen LogP contribution >= 0.6 is 0 Å². The summed E-state index contributed by atoms with van der Waals surface area (Å²) in [6.45, 7) is 0. The van der Waals surface area contributed by atoms with E-state index in [4.69, 9.17) is 11.7 Å². The SMILES string of the molecule is CN(N)C(=O)/C=C\C(=O)NN. The first kappa shape index (κ1) is 9.60. The summed E-state index contributed by atoms with van der Waals surface area (Å²) in [5.41, 5.74) is 1.82. The Labute approximate surface area is 63.8 Å². The van der Waals surface area contributed by atoms with E-state index in [1.54, 1.807) is 0 Å². The maximum atomic E-state index is 10.7. The van der Waals surface area contributed by atoms with Gasteiger partial charge in [-0.1, -0.05) is 0 Å². The van der Waals surface area contributed by atoms with Crippen molar-refractivity contribution in [1.29, 1.82) is 0 Å². The van der Waals surface area contributed by atoms with Crippen molar-refractivity contribution >= 4 is 11.8 Å². The molecule has 0 spiro atoms. The smallest absolute Gasteiger partial charge is 0.260 e. The van der Waals surface area contributed by atoms with Crippen molar-refractivity contribution in [3.8, 4) is 0 Å². The van der Waals surface area contributed by atoms with Gasteiger partial charge in [-0.3, -0.25) is 20.0 Å². The van der Waals surface area contributed by atoms with E-state index in [2.05, 4.69) is 0 Å². The summed E-state index contributed by atoms with van der Waals surface area (Å²) in [6.07, 6.45) is 2.01. The lowest BCUT2D eigenvalue weighted by Crippen LogP contribution is -2.32. The summed E-state index contributed by atoms with van der Waals surface area (Å²) in [7, 11) is 1.37. The highest BCUT2D eigenvalue weighted by Crippen LogP contribution is 1.78. The van der Waals surface area contributed by atoms with Gasteiger partial charge in [-0.25, -0.2) is 11.7 Å². The van der Waals surface area contributed by atoms with Crippen LogP contribution in [0, 0.1) is 0 Å². The van der Waals surface area contributed by atoms with Crippen molar-refractivity contribution in [3.05, 3.63) is 12.2 Å². The summed E-state index contributed by atoms with van der Waals surface area (Å²) in [5.74, 6) is 8.73. The average Bonchev–Trinajstić information content (AvgIpc) is 1.99. The van der Waals surface area contributed by atoms with E-state index in [0.29, 0.717) is 0 Å². The van der Waals surface area contributed by atoms with Gasteiger partial charge in [-0.05, 0) is 0 Å². The van der Waals surface area contributed by atoms with Gasteiger partial charge in [0.15, 0.2) is 0 Å². The first-order valence-electron chi connectivity index (χ1n) is 2.79. The van der Waals surface area contributed by atoms with Crippen molar-refractivity contribution in [2.24, 2.45) is 11.7 Å². The van der Waals surface area contributed by atoms with Crippen LogP contribution in [0.2, 0.25) is 0 Å². The Bertz CT molecular complexity index is 187. The molecule has 0 aromatic rings. The fraction of sp³-hybridized carbons (Fsp3) is 0.200. The first-order valence-corrected chi connectivity index (χ1v) is 2.79. The van der Waals surface area contributed by atoms with Crippen LogP contribution in [0.25, 0.3) is 0 Å². The van der Waals surface area contributed by atoms with E-state index >= 15 is 0 Å². The number of hydrogen-bond donors (Lipinski definition) is 3. The van der Waals surface area contributed by atoms with Gasteiger partial charge in [0.25, 0.3) is 11.8 Å². The molecule has 2 amide bonds. The first-order chi connectivity index (χ1) is 5.07. The topological polar surface area (TPSA) is 101 Å². The predicted octanol–water partition coefficient (Wildman–Crippen LogP) is -2.14. The minimum Gasteiger partial charge on any atom is -0.291 e. The zero-order valence-electron chi connectivity index (χ0n) is 6.07. The Hall–Kier alpha value is -1.40. The summed E-state index contributed by atoms with van der Waals surface area (Å²) in [4.78, 5) is 21.1. The molecule has 62 valence electrons. The minimum absolute atomic E-state index is 0.478. The third-order valence-corrected chi connectivity index (χ3v) is 0.867. The van der Waals surface area contributed by atoms with Crippen LogP contribution in [0.5, 0.6) is 0 Å². The zero-order valence-corrected chi connectivity index (χ0v) is 6.07. The zero-order chi connectivity index (χ0) is 8.85. The molecule has 0 aliphatic carbocycles. The number of amides is 2. The van der Waals surface area contributed by atoms with Gasteiger partial charge < -0.3 is 0 Å². The second-order valence-corrected chi connectivity index (χ2v) is 1.79. The van der Waals surface area contributed by atoms with E-state index in [-0.39, 0.29) is 0 Å². The molecule has 0 heterocycles. The molecule has 0 aromatic carbocycles. The molecule has 6 nitrogen and oxygen atoms in total. The number of nitrogens with zero attached hydrogens (tertiary/aromatic N) is 1. The Kier molecular flexibility index (Phi) is 3.86. The van der Waals surface area contributed by atoms with Gasteiger partial charge in [0.1, 0.15) is 0 Å². The quantitative estimate of drug-likeness (QED) is 0.185. The molecule has 0 bridgehead atoms.